The molecule has 1 aliphatic rings. The lowest BCUT2D eigenvalue weighted by molar-refractivity contribution is 0.0379. The van der Waals surface area contributed by atoms with Gasteiger partial charge in [-0.25, -0.2) is 4.39 Å². The average molecular weight is 223 g/mol. The molecular formula is C13H18FNO. The number of aryl methyl sites for hydroxylation is 1. The van der Waals surface area contributed by atoms with Crippen LogP contribution >= 0.6 is 0 Å². The van der Waals surface area contributed by atoms with Crippen molar-refractivity contribution in [1.29, 1.82) is 0 Å². The third kappa shape index (κ3) is 1.59. The number of halogens is 1. The van der Waals surface area contributed by atoms with E-state index in [-0.39, 0.29) is 6.04 Å². The van der Waals surface area contributed by atoms with Crippen LogP contribution in [0.15, 0.2) is 12.1 Å². The summed E-state index contributed by atoms with van der Waals surface area (Å²) in [5, 5.41) is 0. The summed E-state index contributed by atoms with van der Waals surface area (Å²) in [6.07, 6.45) is 0.789. The Hall–Kier alpha value is -1.09. The smallest absolute Gasteiger partial charge is 0.142 e. The zero-order valence-corrected chi connectivity index (χ0v) is 10.0. The maximum Gasteiger partial charge on any atom is 0.142 e. The lowest BCUT2D eigenvalue weighted by Gasteiger charge is -2.40. The van der Waals surface area contributed by atoms with E-state index in [1.807, 2.05) is 26.0 Å². The van der Waals surface area contributed by atoms with Crippen LogP contribution in [0.5, 0.6) is 5.75 Å². The fraction of sp³-hybridized carbons (Fsp3) is 0.538. The highest BCUT2D eigenvalue weighted by atomic mass is 19.1. The molecule has 0 unspecified atom stereocenters. The maximum absolute atomic E-state index is 14.5. The summed E-state index contributed by atoms with van der Waals surface area (Å²) in [4.78, 5) is 0. The van der Waals surface area contributed by atoms with E-state index in [1.165, 1.54) is 0 Å². The number of hydrogen-bond acceptors (Lipinski definition) is 2. The van der Waals surface area contributed by atoms with Crippen LogP contribution in [0.25, 0.3) is 0 Å². The molecule has 16 heavy (non-hydrogen) atoms. The number of nitrogens with two attached hydrogens (primary N) is 1. The maximum atomic E-state index is 14.5. The summed E-state index contributed by atoms with van der Waals surface area (Å²) in [7, 11) is 1.59. The quantitative estimate of drug-likeness (QED) is 0.836. The van der Waals surface area contributed by atoms with Gasteiger partial charge in [0.2, 0.25) is 0 Å². The molecule has 0 aliphatic heterocycles. The van der Waals surface area contributed by atoms with Crippen molar-refractivity contribution >= 4 is 0 Å². The zero-order chi connectivity index (χ0) is 11.9. The second-order valence-corrected chi connectivity index (χ2v) is 4.72. The molecule has 1 aromatic carbocycles. The zero-order valence-electron chi connectivity index (χ0n) is 10.0. The largest absolute Gasteiger partial charge is 0.496 e. The normalized spacial score (nSPS) is 28.7. The van der Waals surface area contributed by atoms with Crippen LogP contribution in [-0.4, -0.2) is 13.2 Å². The highest BCUT2D eigenvalue weighted by Crippen LogP contribution is 2.48. The monoisotopic (exact) mass is 223 g/mol. The van der Waals surface area contributed by atoms with Gasteiger partial charge < -0.3 is 10.5 Å². The van der Waals surface area contributed by atoms with Crippen molar-refractivity contribution in [3.05, 3.63) is 28.8 Å². The van der Waals surface area contributed by atoms with Crippen molar-refractivity contribution in [2.75, 3.05) is 7.11 Å². The van der Waals surface area contributed by atoms with Gasteiger partial charge in [-0.2, -0.15) is 0 Å². The number of hydrogen-bond donors (Lipinski definition) is 1. The third-order valence-corrected chi connectivity index (χ3v) is 3.54. The number of alkyl halides is 1. The highest BCUT2D eigenvalue weighted by Gasteiger charge is 2.46. The van der Waals surface area contributed by atoms with Crippen LogP contribution in [0, 0.1) is 13.8 Å². The number of ether oxygens (including phenoxy) is 1. The number of rotatable bonds is 2. The predicted molar refractivity (Wildman–Crippen MR) is 62.5 cm³/mol. The second kappa shape index (κ2) is 3.74. The molecule has 0 saturated heterocycles. The van der Waals surface area contributed by atoms with E-state index in [0.29, 0.717) is 24.2 Å². The van der Waals surface area contributed by atoms with E-state index in [4.69, 9.17) is 10.5 Å². The van der Waals surface area contributed by atoms with Gasteiger partial charge in [0.15, 0.2) is 0 Å². The molecule has 0 radical (unpaired) electrons. The van der Waals surface area contributed by atoms with Gasteiger partial charge >= 0.3 is 0 Å². The van der Waals surface area contributed by atoms with E-state index < -0.39 is 5.67 Å². The van der Waals surface area contributed by atoms with Gasteiger partial charge in [0.1, 0.15) is 11.4 Å². The molecule has 0 atom stereocenters. The van der Waals surface area contributed by atoms with Crippen molar-refractivity contribution in [1.82, 2.24) is 0 Å². The highest BCUT2D eigenvalue weighted by molar-refractivity contribution is 5.49. The van der Waals surface area contributed by atoms with Gasteiger partial charge in [-0.1, -0.05) is 12.1 Å². The molecule has 2 rings (SSSR count). The summed E-state index contributed by atoms with van der Waals surface area (Å²) in [5.74, 6) is 0.675. The van der Waals surface area contributed by atoms with E-state index in [0.717, 1.165) is 11.1 Å². The Balaban J connectivity index is 2.45. The first-order valence-electron chi connectivity index (χ1n) is 5.57. The van der Waals surface area contributed by atoms with Crippen LogP contribution in [0.2, 0.25) is 0 Å². The Morgan fingerprint density at radius 3 is 2.50 bits per heavy atom. The van der Waals surface area contributed by atoms with Gasteiger partial charge in [-0.3, -0.25) is 0 Å². The van der Waals surface area contributed by atoms with Crippen molar-refractivity contribution in [3.8, 4) is 5.75 Å². The fourth-order valence-electron chi connectivity index (χ4n) is 2.40. The van der Waals surface area contributed by atoms with Gasteiger partial charge in [0, 0.05) is 24.4 Å². The Morgan fingerprint density at radius 2 is 2.00 bits per heavy atom. The van der Waals surface area contributed by atoms with E-state index >= 15 is 0 Å². The molecule has 1 aromatic rings. The van der Waals surface area contributed by atoms with Crippen molar-refractivity contribution in [2.45, 2.75) is 38.4 Å². The molecule has 0 bridgehead atoms. The first-order valence-corrected chi connectivity index (χ1v) is 5.57. The Morgan fingerprint density at radius 1 is 1.38 bits per heavy atom. The van der Waals surface area contributed by atoms with Gasteiger partial charge in [-0.15, -0.1) is 0 Å². The minimum atomic E-state index is -1.29. The SMILES string of the molecule is COc1c(C2(F)CC(N)C2)ccc(C)c1C. The Bertz CT molecular complexity index is 411. The van der Waals surface area contributed by atoms with E-state index in [2.05, 4.69) is 0 Å². The first kappa shape index (κ1) is 11.4. The summed E-state index contributed by atoms with van der Waals surface area (Å²) < 4.78 is 19.8. The lowest BCUT2D eigenvalue weighted by Crippen LogP contribution is -2.46. The van der Waals surface area contributed by atoms with Crippen LogP contribution in [0.1, 0.15) is 29.5 Å². The summed E-state index contributed by atoms with van der Waals surface area (Å²) >= 11 is 0. The Labute approximate surface area is 95.6 Å². The molecule has 0 amide bonds. The molecule has 1 saturated carbocycles. The minimum absolute atomic E-state index is 0.0173. The second-order valence-electron chi connectivity index (χ2n) is 4.72. The molecule has 3 heteroatoms. The summed E-state index contributed by atoms with van der Waals surface area (Å²) in [6.45, 7) is 3.96. The molecule has 2 N–H and O–H groups in total. The minimum Gasteiger partial charge on any atom is -0.496 e. The van der Waals surface area contributed by atoms with Gasteiger partial charge in [-0.05, 0) is 25.0 Å². The van der Waals surface area contributed by atoms with Crippen LogP contribution in [0.3, 0.4) is 0 Å². The number of benzene rings is 1. The third-order valence-electron chi connectivity index (χ3n) is 3.54. The van der Waals surface area contributed by atoms with Crippen molar-refractivity contribution in [3.63, 3.8) is 0 Å². The standard InChI is InChI=1S/C13H18FNO/c1-8-4-5-11(12(16-3)9(8)2)13(14)6-10(15)7-13/h4-5,10H,6-7,15H2,1-3H3. The summed E-state index contributed by atoms with van der Waals surface area (Å²) in [6, 6.07) is 3.75. The van der Waals surface area contributed by atoms with Crippen LogP contribution < -0.4 is 10.5 Å². The molecule has 0 heterocycles. The molecule has 1 aliphatic carbocycles. The predicted octanol–water partition coefficient (Wildman–Crippen LogP) is 2.60. The molecule has 0 aromatic heterocycles. The molecule has 88 valence electrons. The molecule has 0 spiro atoms. The average Bonchev–Trinajstić information content (AvgIpc) is 2.19. The number of methoxy groups -OCH3 is 1. The van der Waals surface area contributed by atoms with Gasteiger partial charge in [0.05, 0.1) is 7.11 Å². The lowest BCUT2D eigenvalue weighted by atomic mass is 9.72. The van der Waals surface area contributed by atoms with Crippen LogP contribution in [-0.2, 0) is 5.67 Å². The van der Waals surface area contributed by atoms with Gasteiger partial charge in [0.25, 0.3) is 0 Å². The van der Waals surface area contributed by atoms with Crippen molar-refractivity contribution < 1.29 is 9.13 Å². The molecular weight excluding hydrogens is 205 g/mol. The molecule has 2 nitrogen and oxygen atoms in total. The summed E-state index contributed by atoms with van der Waals surface area (Å²) in [5.41, 5.74) is 7.16. The molecule has 1 fully saturated rings. The fourth-order valence-corrected chi connectivity index (χ4v) is 2.40. The Kier molecular flexibility index (Phi) is 2.66. The van der Waals surface area contributed by atoms with Crippen LogP contribution in [0.4, 0.5) is 4.39 Å². The topological polar surface area (TPSA) is 35.2 Å². The first-order chi connectivity index (χ1) is 7.48. The van der Waals surface area contributed by atoms with E-state index in [9.17, 15) is 4.39 Å². The van der Waals surface area contributed by atoms with Crippen molar-refractivity contribution in [2.24, 2.45) is 5.73 Å². The van der Waals surface area contributed by atoms with E-state index in [1.54, 1.807) is 7.11 Å².